The summed E-state index contributed by atoms with van der Waals surface area (Å²) in [7, 11) is -1.99. The molecule has 1 unspecified atom stereocenters. The van der Waals surface area contributed by atoms with Gasteiger partial charge < -0.3 is 8.23 Å². The van der Waals surface area contributed by atoms with Gasteiger partial charge in [-0.1, -0.05) is 0 Å². The molecule has 0 aliphatic heterocycles. The average molecular weight is 192 g/mol. The first-order chi connectivity index (χ1) is 4.45. The van der Waals surface area contributed by atoms with Crippen molar-refractivity contribution < 1.29 is 8.23 Å². The van der Waals surface area contributed by atoms with Crippen LogP contribution >= 0.6 is 0 Å². The van der Waals surface area contributed by atoms with Crippen LogP contribution in [0.3, 0.4) is 0 Å². The molecule has 60 valence electrons. The van der Waals surface area contributed by atoms with E-state index in [-0.39, 0.29) is 0 Å². The molecule has 1 atom stereocenters. The van der Waals surface area contributed by atoms with Gasteiger partial charge in [-0.05, 0) is 32.7 Å². The van der Waals surface area contributed by atoms with E-state index in [0.29, 0.717) is 9.76 Å². The van der Waals surface area contributed by atoms with Gasteiger partial charge in [0.1, 0.15) is 0 Å². The summed E-state index contributed by atoms with van der Waals surface area (Å²) in [6.45, 7) is 10.7. The van der Waals surface area contributed by atoms with Gasteiger partial charge in [-0.25, -0.2) is 0 Å². The van der Waals surface area contributed by atoms with Gasteiger partial charge in [0.25, 0.3) is 9.28 Å². The Bertz CT molecular complexity index is 91.4. The molecule has 0 aliphatic rings. The standard InChI is InChI=1S/C5H16O2Si3/c1-8-6-9(2)7-10(3,4)5/h9H,1-5H3. The van der Waals surface area contributed by atoms with Crippen LogP contribution in [0.25, 0.3) is 0 Å². The second-order valence-electron chi connectivity index (χ2n) is 3.12. The smallest absolute Gasteiger partial charge is 0.297 e. The molecule has 0 N–H and O–H groups in total. The van der Waals surface area contributed by atoms with E-state index in [1.165, 1.54) is 0 Å². The van der Waals surface area contributed by atoms with E-state index in [9.17, 15) is 0 Å². The van der Waals surface area contributed by atoms with Crippen molar-refractivity contribution in [2.45, 2.75) is 32.7 Å². The third-order valence-corrected chi connectivity index (χ3v) is 7.23. The lowest BCUT2D eigenvalue weighted by atomic mass is 11.8. The molecule has 0 bridgehead atoms. The molecule has 2 nitrogen and oxygen atoms in total. The van der Waals surface area contributed by atoms with Crippen LogP contribution in [0.5, 0.6) is 0 Å². The van der Waals surface area contributed by atoms with Crippen LogP contribution in [0.2, 0.25) is 32.7 Å². The van der Waals surface area contributed by atoms with Gasteiger partial charge in [0.15, 0.2) is 8.32 Å². The minimum absolute atomic E-state index is 0.583. The predicted molar refractivity (Wildman–Crippen MR) is 50.1 cm³/mol. The van der Waals surface area contributed by atoms with Gasteiger partial charge in [0, 0.05) is 0 Å². The lowest BCUT2D eigenvalue weighted by Crippen LogP contribution is -2.35. The summed E-state index contributed by atoms with van der Waals surface area (Å²) in [5.41, 5.74) is 0. The van der Waals surface area contributed by atoms with Crippen molar-refractivity contribution in [3.63, 3.8) is 0 Å². The van der Waals surface area contributed by atoms with Gasteiger partial charge in [-0.2, -0.15) is 0 Å². The molecule has 0 heterocycles. The second kappa shape index (κ2) is 4.45. The van der Waals surface area contributed by atoms with Crippen LogP contribution in [-0.4, -0.2) is 27.4 Å². The zero-order valence-electron chi connectivity index (χ0n) is 7.39. The van der Waals surface area contributed by atoms with Gasteiger partial charge in [0.2, 0.25) is 9.76 Å². The summed E-state index contributed by atoms with van der Waals surface area (Å²) in [5, 5.41) is 0. The van der Waals surface area contributed by atoms with Crippen LogP contribution < -0.4 is 0 Å². The van der Waals surface area contributed by atoms with Crippen molar-refractivity contribution in [3.8, 4) is 0 Å². The normalized spacial score (nSPS) is 15.3. The van der Waals surface area contributed by atoms with E-state index in [2.05, 4.69) is 26.2 Å². The van der Waals surface area contributed by atoms with Gasteiger partial charge in [-0.15, -0.1) is 0 Å². The van der Waals surface area contributed by atoms with Crippen LogP contribution in [-0.2, 0) is 8.23 Å². The lowest BCUT2D eigenvalue weighted by Gasteiger charge is -2.22. The van der Waals surface area contributed by atoms with Crippen LogP contribution in [0, 0.1) is 0 Å². The van der Waals surface area contributed by atoms with Crippen molar-refractivity contribution in [2.75, 3.05) is 0 Å². The predicted octanol–water partition coefficient (Wildman–Crippen LogP) is 1.37. The van der Waals surface area contributed by atoms with Crippen LogP contribution in [0.15, 0.2) is 0 Å². The molecule has 0 saturated carbocycles. The Hall–Kier alpha value is 0.571. The zero-order valence-corrected chi connectivity index (χ0v) is 10.5. The van der Waals surface area contributed by atoms with Crippen molar-refractivity contribution in [1.82, 2.24) is 0 Å². The fourth-order valence-electron chi connectivity index (χ4n) is 0.688. The molecule has 0 saturated heterocycles. The van der Waals surface area contributed by atoms with Crippen molar-refractivity contribution in [1.29, 1.82) is 0 Å². The van der Waals surface area contributed by atoms with E-state index in [1.54, 1.807) is 0 Å². The Morgan fingerprint density at radius 2 is 1.80 bits per heavy atom. The first kappa shape index (κ1) is 10.6. The van der Waals surface area contributed by atoms with Crippen molar-refractivity contribution in [3.05, 3.63) is 0 Å². The van der Waals surface area contributed by atoms with Crippen LogP contribution in [0.1, 0.15) is 0 Å². The molecule has 0 aliphatic carbocycles. The Morgan fingerprint density at radius 1 is 1.30 bits per heavy atom. The highest BCUT2D eigenvalue weighted by Gasteiger charge is 2.18. The van der Waals surface area contributed by atoms with E-state index in [1.807, 2.05) is 6.55 Å². The van der Waals surface area contributed by atoms with Gasteiger partial charge in [0.05, 0.1) is 0 Å². The largest absolute Gasteiger partial charge is 0.439 e. The highest BCUT2D eigenvalue weighted by Crippen LogP contribution is 2.04. The van der Waals surface area contributed by atoms with E-state index < -0.39 is 17.6 Å². The average Bonchev–Trinajstić information content (AvgIpc) is 1.59. The SMILES string of the molecule is C[Si]O[SiH](C)O[Si](C)(C)C. The number of rotatable bonds is 4. The highest BCUT2D eigenvalue weighted by molar-refractivity contribution is 6.76. The van der Waals surface area contributed by atoms with E-state index >= 15 is 0 Å². The summed E-state index contributed by atoms with van der Waals surface area (Å²) in [4.78, 5) is 0. The molecule has 0 amide bonds. The molecular formula is C5H16O2Si3. The first-order valence-electron chi connectivity index (χ1n) is 3.46. The van der Waals surface area contributed by atoms with Crippen molar-refractivity contribution >= 4 is 27.4 Å². The molecule has 5 heteroatoms. The molecule has 10 heavy (non-hydrogen) atoms. The van der Waals surface area contributed by atoms with Gasteiger partial charge >= 0.3 is 0 Å². The maximum absolute atomic E-state index is 5.74. The fourth-order valence-corrected chi connectivity index (χ4v) is 6.62. The first-order valence-corrected chi connectivity index (χ1v) is 10.4. The molecule has 0 aromatic rings. The molecule has 0 fully saturated rings. The quantitative estimate of drug-likeness (QED) is 0.627. The van der Waals surface area contributed by atoms with E-state index in [0.717, 1.165) is 0 Å². The summed E-state index contributed by atoms with van der Waals surface area (Å²) in [5.74, 6) is 0. The number of hydrogen-bond acceptors (Lipinski definition) is 2. The lowest BCUT2D eigenvalue weighted by molar-refractivity contribution is 0.446. The van der Waals surface area contributed by atoms with E-state index in [4.69, 9.17) is 8.23 Å². The third-order valence-electron chi connectivity index (χ3n) is 0.803. The van der Waals surface area contributed by atoms with Crippen molar-refractivity contribution in [2.24, 2.45) is 0 Å². The molecule has 0 aromatic heterocycles. The third kappa shape index (κ3) is 6.69. The Morgan fingerprint density at radius 3 is 2.10 bits per heavy atom. The topological polar surface area (TPSA) is 18.5 Å². The minimum Gasteiger partial charge on any atom is -0.439 e. The molecular weight excluding hydrogens is 176 g/mol. The zero-order chi connectivity index (χ0) is 8.20. The molecule has 0 rings (SSSR count). The Kier molecular flexibility index (Phi) is 4.70. The maximum atomic E-state index is 5.74. The minimum atomic E-state index is -1.32. The summed E-state index contributed by atoms with van der Waals surface area (Å²) in [6.07, 6.45) is 0. The maximum Gasteiger partial charge on any atom is 0.297 e. The Labute approximate surface area is 68.9 Å². The fraction of sp³-hybridized carbons (Fsp3) is 1.00. The summed E-state index contributed by atoms with van der Waals surface area (Å²) < 4.78 is 11.1. The Balaban J connectivity index is 3.47. The molecule has 0 aromatic carbocycles. The molecule has 2 radical (unpaired) electrons. The molecule has 0 spiro atoms. The second-order valence-corrected chi connectivity index (χ2v) is 10.8. The highest BCUT2D eigenvalue weighted by atomic mass is 28.4. The summed E-state index contributed by atoms with van der Waals surface area (Å²) in [6, 6.07) is 0. The summed E-state index contributed by atoms with van der Waals surface area (Å²) >= 11 is 0. The van der Waals surface area contributed by atoms with Gasteiger partial charge in [-0.3, -0.25) is 0 Å². The van der Waals surface area contributed by atoms with Crippen LogP contribution in [0.4, 0.5) is 0 Å². The monoisotopic (exact) mass is 192 g/mol. The number of hydrogen-bond donors (Lipinski definition) is 0.